The van der Waals surface area contributed by atoms with Crippen LogP contribution in [0.25, 0.3) is 0 Å². The van der Waals surface area contributed by atoms with Gasteiger partial charge in [0, 0.05) is 24.0 Å². The van der Waals surface area contributed by atoms with E-state index in [2.05, 4.69) is 39.2 Å². The van der Waals surface area contributed by atoms with Crippen molar-refractivity contribution >= 4 is 23.2 Å². The second-order valence-corrected chi connectivity index (χ2v) is 6.81. The van der Waals surface area contributed by atoms with Gasteiger partial charge in [0.1, 0.15) is 17.2 Å². The lowest BCUT2D eigenvalue weighted by Gasteiger charge is -2.22. The first-order valence-corrected chi connectivity index (χ1v) is 9.34. The smallest absolute Gasteiger partial charge is 0.274 e. The number of hydrogen-bond acceptors (Lipinski definition) is 6. The monoisotopic (exact) mass is 390 g/mol. The number of fused-ring (bicyclic) bond motifs is 1. The van der Waals surface area contributed by atoms with Crippen molar-refractivity contribution in [1.29, 1.82) is 0 Å². The average molecular weight is 390 g/mol. The largest absolute Gasteiger partial charge is 0.497 e. The highest BCUT2D eigenvalue weighted by atomic mass is 16.5. The van der Waals surface area contributed by atoms with Crippen molar-refractivity contribution in [1.82, 2.24) is 9.97 Å². The third kappa shape index (κ3) is 3.59. The van der Waals surface area contributed by atoms with Crippen molar-refractivity contribution in [3.05, 3.63) is 66.0 Å². The zero-order valence-corrected chi connectivity index (χ0v) is 16.5. The van der Waals surface area contributed by atoms with E-state index in [0.717, 1.165) is 12.1 Å². The molecule has 0 fully saturated rings. The Morgan fingerprint density at radius 1 is 1.14 bits per heavy atom. The number of nitrogens with zero attached hydrogens (tertiary/aromatic N) is 3. The maximum absolute atomic E-state index is 12.8. The van der Waals surface area contributed by atoms with Crippen LogP contribution in [0.1, 0.15) is 23.0 Å². The van der Waals surface area contributed by atoms with Crippen molar-refractivity contribution in [2.45, 2.75) is 19.4 Å². The number of carbonyl (C=O) groups is 1. The molecule has 4 rings (SSSR count). The van der Waals surface area contributed by atoms with E-state index >= 15 is 0 Å². The maximum Gasteiger partial charge on any atom is 0.274 e. The van der Waals surface area contributed by atoms with E-state index in [1.54, 1.807) is 44.7 Å². The third-order valence-electron chi connectivity index (χ3n) is 4.96. The summed E-state index contributed by atoms with van der Waals surface area (Å²) in [6.07, 6.45) is 2.52. The maximum atomic E-state index is 12.8. The average Bonchev–Trinajstić information content (AvgIpc) is 3.09. The number of amides is 1. The summed E-state index contributed by atoms with van der Waals surface area (Å²) in [6.45, 7) is 2.12. The summed E-state index contributed by atoms with van der Waals surface area (Å²) in [5.41, 5.74) is 3.15. The van der Waals surface area contributed by atoms with E-state index in [1.165, 1.54) is 5.56 Å². The Bertz CT molecular complexity index is 1050. The standard InChI is InChI=1S/C22H22N4O3/c1-14-12-15-6-4-5-7-19(15)26(14)22-23-11-10-18(25-22)21(27)24-17-9-8-16(28-2)13-20(17)29-3/h4-11,13-14H,12H2,1-3H3,(H,24,27). The van der Waals surface area contributed by atoms with E-state index < -0.39 is 0 Å². The first kappa shape index (κ1) is 18.7. The molecule has 1 unspecified atom stereocenters. The fourth-order valence-electron chi connectivity index (χ4n) is 3.55. The summed E-state index contributed by atoms with van der Waals surface area (Å²) in [7, 11) is 3.12. The second kappa shape index (κ2) is 7.79. The number of ether oxygens (including phenoxy) is 2. The summed E-state index contributed by atoms with van der Waals surface area (Å²) in [5, 5.41) is 2.85. The van der Waals surface area contributed by atoms with Gasteiger partial charge in [-0.2, -0.15) is 0 Å². The minimum atomic E-state index is -0.336. The van der Waals surface area contributed by atoms with Gasteiger partial charge in [-0.3, -0.25) is 4.79 Å². The van der Waals surface area contributed by atoms with Gasteiger partial charge in [-0.15, -0.1) is 0 Å². The molecule has 7 nitrogen and oxygen atoms in total. The van der Waals surface area contributed by atoms with Crippen LogP contribution in [0, 0.1) is 0 Å². The molecule has 1 aliphatic rings. The highest BCUT2D eigenvalue weighted by Gasteiger charge is 2.29. The van der Waals surface area contributed by atoms with Crippen LogP contribution in [0.15, 0.2) is 54.7 Å². The Morgan fingerprint density at radius 3 is 2.76 bits per heavy atom. The Labute approximate surface area is 169 Å². The van der Waals surface area contributed by atoms with Crippen molar-refractivity contribution < 1.29 is 14.3 Å². The van der Waals surface area contributed by atoms with Crippen LogP contribution in [-0.2, 0) is 6.42 Å². The summed E-state index contributed by atoms with van der Waals surface area (Å²) in [5.74, 6) is 1.33. The van der Waals surface area contributed by atoms with E-state index in [-0.39, 0.29) is 17.6 Å². The van der Waals surface area contributed by atoms with Crippen molar-refractivity contribution in [3.63, 3.8) is 0 Å². The molecule has 2 heterocycles. The fraction of sp³-hybridized carbons (Fsp3) is 0.227. The van der Waals surface area contributed by atoms with E-state index in [4.69, 9.17) is 9.47 Å². The van der Waals surface area contributed by atoms with Crippen LogP contribution in [0.3, 0.4) is 0 Å². The predicted octanol–water partition coefficient (Wildman–Crippen LogP) is 3.83. The van der Waals surface area contributed by atoms with Crippen molar-refractivity contribution in [3.8, 4) is 11.5 Å². The van der Waals surface area contributed by atoms with Gasteiger partial charge in [0.05, 0.1) is 19.9 Å². The van der Waals surface area contributed by atoms with Gasteiger partial charge in [0.2, 0.25) is 5.95 Å². The Kier molecular flexibility index (Phi) is 5.03. The number of benzene rings is 2. The van der Waals surface area contributed by atoms with Crippen LogP contribution >= 0.6 is 0 Å². The van der Waals surface area contributed by atoms with E-state index in [0.29, 0.717) is 23.1 Å². The number of rotatable bonds is 5. The molecule has 0 radical (unpaired) electrons. The predicted molar refractivity (Wildman–Crippen MR) is 111 cm³/mol. The molecule has 1 aromatic heterocycles. The highest BCUT2D eigenvalue weighted by molar-refractivity contribution is 6.03. The molecule has 1 aliphatic heterocycles. The first-order chi connectivity index (χ1) is 14.1. The Hall–Kier alpha value is -3.61. The number of anilines is 3. The SMILES string of the molecule is COc1ccc(NC(=O)c2ccnc(N3c4ccccc4CC3C)n2)c(OC)c1. The second-order valence-electron chi connectivity index (χ2n) is 6.81. The molecule has 0 saturated heterocycles. The molecule has 0 saturated carbocycles. The highest BCUT2D eigenvalue weighted by Crippen LogP contribution is 2.36. The van der Waals surface area contributed by atoms with Crippen molar-refractivity contribution in [2.24, 2.45) is 0 Å². The van der Waals surface area contributed by atoms with E-state index in [9.17, 15) is 4.79 Å². The number of carbonyl (C=O) groups excluding carboxylic acids is 1. The van der Waals surface area contributed by atoms with Gasteiger partial charge in [-0.25, -0.2) is 9.97 Å². The molecule has 0 bridgehead atoms. The summed E-state index contributed by atoms with van der Waals surface area (Å²) in [6, 6.07) is 15.2. The molecular weight excluding hydrogens is 368 g/mol. The lowest BCUT2D eigenvalue weighted by molar-refractivity contribution is 0.102. The molecule has 3 aromatic rings. The lowest BCUT2D eigenvalue weighted by Crippen LogP contribution is -2.27. The molecule has 1 amide bonds. The van der Waals surface area contributed by atoms with Gasteiger partial charge in [0.25, 0.3) is 5.91 Å². The van der Waals surface area contributed by atoms with Crippen LogP contribution < -0.4 is 19.7 Å². The Balaban J connectivity index is 1.60. The van der Waals surface area contributed by atoms with Crippen molar-refractivity contribution in [2.75, 3.05) is 24.4 Å². The molecule has 0 spiro atoms. The van der Waals surface area contributed by atoms with E-state index in [1.807, 2.05) is 12.1 Å². The topological polar surface area (TPSA) is 76.6 Å². The number of aromatic nitrogens is 2. The normalized spacial score (nSPS) is 15.0. The zero-order valence-electron chi connectivity index (χ0n) is 16.5. The number of methoxy groups -OCH3 is 2. The van der Waals surface area contributed by atoms with Crippen LogP contribution in [-0.4, -0.2) is 36.1 Å². The molecule has 1 atom stereocenters. The molecule has 2 aromatic carbocycles. The fourth-order valence-corrected chi connectivity index (χ4v) is 3.55. The number of hydrogen-bond donors (Lipinski definition) is 1. The third-order valence-corrected chi connectivity index (χ3v) is 4.96. The zero-order chi connectivity index (χ0) is 20.4. The molecule has 148 valence electrons. The van der Waals surface area contributed by atoms with Crippen LogP contribution in [0.4, 0.5) is 17.3 Å². The van der Waals surface area contributed by atoms with Gasteiger partial charge in [-0.05, 0) is 43.2 Å². The molecule has 0 aliphatic carbocycles. The summed E-state index contributed by atoms with van der Waals surface area (Å²) in [4.78, 5) is 23.8. The van der Waals surface area contributed by atoms with Crippen LogP contribution in [0.2, 0.25) is 0 Å². The minimum absolute atomic E-state index is 0.215. The quantitative estimate of drug-likeness (QED) is 0.714. The molecule has 7 heteroatoms. The first-order valence-electron chi connectivity index (χ1n) is 9.34. The summed E-state index contributed by atoms with van der Waals surface area (Å²) >= 11 is 0. The molecule has 1 N–H and O–H groups in total. The van der Waals surface area contributed by atoms with Crippen LogP contribution in [0.5, 0.6) is 11.5 Å². The molecule has 29 heavy (non-hydrogen) atoms. The van der Waals surface area contributed by atoms with Gasteiger partial charge in [-0.1, -0.05) is 18.2 Å². The minimum Gasteiger partial charge on any atom is -0.497 e. The number of nitrogens with one attached hydrogen (secondary N) is 1. The summed E-state index contributed by atoms with van der Waals surface area (Å²) < 4.78 is 10.5. The Morgan fingerprint density at radius 2 is 1.97 bits per heavy atom. The number of para-hydroxylation sites is 1. The van der Waals surface area contributed by atoms with Gasteiger partial charge in [0.15, 0.2) is 0 Å². The van der Waals surface area contributed by atoms with Gasteiger partial charge < -0.3 is 19.7 Å². The van der Waals surface area contributed by atoms with Gasteiger partial charge >= 0.3 is 0 Å². The lowest BCUT2D eigenvalue weighted by atomic mass is 10.1. The molecular formula is C22H22N4O3.